The fraction of sp³-hybridized carbons (Fsp3) is 0.667. The Bertz CT molecular complexity index is 715. The molecule has 0 radical (unpaired) electrons. The van der Waals surface area contributed by atoms with Crippen molar-refractivity contribution in [2.24, 2.45) is 4.99 Å². The van der Waals surface area contributed by atoms with Crippen molar-refractivity contribution in [3.8, 4) is 11.5 Å². The zero-order valence-corrected chi connectivity index (χ0v) is 17.3. The van der Waals surface area contributed by atoms with Crippen LogP contribution in [0.2, 0.25) is 0 Å². The van der Waals surface area contributed by atoms with Crippen molar-refractivity contribution in [2.45, 2.75) is 39.0 Å². The highest BCUT2D eigenvalue weighted by Crippen LogP contribution is 2.35. The van der Waals surface area contributed by atoms with E-state index in [0.29, 0.717) is 19.2 Å². The highest BCUT2D eigenvalue weighted by molar-refractivity contribution is 5.79. The van der Waals surface area contributed by atoms with Gasteiger partial charge in [0.1, 0.15) is 17.6 Å². The number of benzene rings is 1. The van der Waals surface area contributed by atoms with Crippen molar-refractivity contribution in [3.05, 3.63) is 23.3 Å². The third kappa shape index (κ3) is 4.20. The summed E-state index contributed by atoms with van der Waals surface area (Å²) in [6.45, 7) is 12.3. The summed E-state index contributed by atoms with van der Waals surface area (Å²) < 4.78 is 11.8. The fourth-order valence-corrected chi connectivity index (χ4v) is 4.44. The topological polar surface area (TPSA) is 61.4 Å². The van der Waals surface area contributed by atoms with E-state index in [0.717, 1.165) is 42.5 Å². The van der Waals surface area contributed by atoms with E-state index in [9.17, 15) is 0 Å². The number of rotatable bonds is 6. The van der Waals surface area contributed by atoms with Crippen LogP contribution in [0.15, 0.2) is 17.1 Å². The summed E-state index contributed by atoms with van der Waals surface area (Å²) in [7, 11) is 1.82. The van der Waals surface area contributed by atoms with Gasteiger partial charge in [-0.3, -0.25) is 14.8 Å². The molecule has 0 saturated carbocycles. The van der Waals surface area contributed by atoms with Crippen LogP contribution in [-0.2, 0) is 13.0 Å². The predicted molar refractivity (Wildman–Crippen MR) is 111 cm³/mol. The van der Waals surface area contributed by atoms with Crippen LogP contribution in [0.4, 0.5) is 0 Å². The van der Waals surface area contributed by atoms with Gasteiger partial charge in [-0.2, -0.15) is 0 Å². The third-order valence-electron chi connectivity index (χ3n) is 5.95. The number of fused-ring (bicyclic) bond motifs is 4. The molecular formula is C21H33N5O2. The lowest BCUT2D eigenvalue weighted by Gasteiger charge is -2.47. The van der Waals surface area contributed by atoms with Crippen LogP contribution in [0.1, 0.15) is 25.0 Å². The predicted octanol–water partition coefficient (Wildman–Crippen LogP) is 1.07. The van der Waals surface area contributed by atoms with Gasteiger partial charge in [0.2, 0.25) is 0 Å². The summed E-state index contributed by atoms with van der Waals surface area (Å²) in [5, 5.41) is 6.95. The van der Waals surface area contributed by atoms with Crippen molar-refractivity contribution >= 4 is 5.96 Å². The average Bonchev–Trinajstić information content (AvgIpc) is 3.08. The molecule has 154 valence electrons. The van der Waals surface area contributed by atoms with Crippen LogP contribution in [0.25, 0.3) is 0 Å². The van der Waals surface area contributed by atoms with E-state index in [-0.39, 0.29) is 6.10 Å². The smallest absolute Gasteiger partial charge is 0.191 e. The van der Waals surface area contributed by atoms with Crippen molar-refractivity contribution in [1.82, 2.24) is 20.4 Å². The molecule has 28 heavy (non-hydrogen) atoms. The molecule has 7 nitrogen and oxygen atoms in total. The molecule has 5 rings (SSSR count). The van der Waals surface area contributed by atoms with Gasteiger partial charge in [-0.05, 0) is 26.0 Å². The summed E-state index contributed by atoms with van der Waals surface area (Å²) in [6, 6.07) is 4.81. The number of hydrogen-bond acceptors (Lipinski definition) is 5. The summed E-state index contributed by atoms with van der Waals surface area (Å²) in [4.78, 5) is 9.55. The van der Waals surface area contributed by atoms with Gasteiger partial charge in [-0.1, -0.05) is 0 Å². The molecule has 3 fully saturated rings. The van der Waals surface area contributed by atoms with Crippen LogP contribution in [0, 0.1) is 0 Å². The number of guanidine groups is 1. The molecule has 4 aliphatic heterocycles. The standard InChI is InChI=1S/C21H33N5O2/c1-4-27-19-10-16-9-15(2)28-20(16)11-17(19)12-23-21(22-3)24-13-18-14-25-5-7-26(18)8-6-25/h10-11,15,18H,4-9,12-14H2,1-3H3,(H2,22,23,24). The molecule has 0 spiro atoms. The Morgan fingerprint density at radius 2 is 2.07 bits per heavy atom. The van der Waals surface area contributed by atoms with Crippen molar-refractivity contribution < 1.29 is 9.47 Å². The van der Waals surface area contributed by atoms with Gasteiger partial charge in [-0.15, -0.1) is 0 Å². The monoisotopic (exact) mass is 387 g/mol. The Morgan fingerprint density at radius 3 is 2.75 bits per heavy atom. The number of piperazine rings is 3. The van der Waals surface area contributed by atoms with Crippen LogP contribution in [0.3, 0.4) is 0 Å². The zero-order valence-electron chi connectivity index (χ0n) is 17.3. The Kier molecular flexibility index (Phi) is 5.92. The average molecular weight is 388 g/mol. The van der Waals surface area contributed by atoms with Gasteiger partial charge in [-0.25, -0.2) is 0 Å². The first-order valence-corrected chi connectivity index (χ1v) is 10.5. The fourth-order valence-electron chi connectivity index (χ4n) is 4.44. The molecule has 2 unspecified atom stereocenters. The normalized spacial score (nSPS) is 28.6. The maximum absolute atomic E-state index is 5.93. The largest absolute Gasteiger partial charge is 0.494 e. The Balaban J connectivity index is 1.35. The van der Waals surface area contributed by atoms with Gasteiger partial charge < -0.3 is 20.1 Å². The molecule has 2 bridgehead atoms. The molecule has 4 heterocycles. The van der Waals surface area contributed by atoms with Crippen LogP contribution in [-0.4, -0.2) is 80.8 Å². The van der Waals surface area contributed by atoms with Gasteiger partial charge in [0.15, 0.2) is 5.96 Å². The number of nitrogens with zero attached hydrogens (tertiary/aromatic N) is 3. The molecule has 0 aliphatic carbocycles. The number of nitrogens with one attached hydrogen (secondary N) is 2. The van der Waals surface area contributed by atoms with E-state index in [4.69, 9.17) is 9.47 Å². The second-order valence-corrected chi connectivity index (χ2v) is 7.93. The lowest BCUT2D eigenvalue weighted by Crippen LogP contribution is -2.63. The molecular weight excluding hydrogens is 354 g/mol. The minimum atomic E-state index is 0.235. The van der Waals surface area contributed by atoms with Crippen LogP contribution in [0.5, 0.6) is 11.5 Å². The molecule has 2 atom stereocenters. The van der Waals surface area contributed by atoms with Crippen molar-refractivity contribution in [1.29, 1.82) is 0 Å². The van der Waals surface area contributed by atoms with Crippen LogP contribution >= 0.6 is 0 Å². The summed E-state index contributed by atoms with van der Waals surface area (Å²) in [6.07, 6.45) is 1.18. The minimum Gasteiger partial charge on any atom is -0.494 e. The lowest BCUT2D eigenvalue weighted by molar-refractivity contribution is 0.0154. The molecule has 2 N–H and O–H groups in total. The highest BCUT2D eigenvalue weighted by Gasteiger charge is 2.31. The van der Waals surface area contributed by atoms with E-state index < -0.39 is 0 Å². The van der Waals surface area contributed by atoms with Gasteiger partial charge >= 0.3 is 0 Å². The Labute approximate surface area is 168 Å². The maximum atomic E-state index is 5.93. The van der Waals surface area contributed by atoms with E-state index in [1.54, 1.807) is 0 Å². The SMILES string of the molecule is CCOc1cc2c(cc1CNC(=NC)NCC1CN3CCN1CC3)OC(C)C2. The first-order valence-electron chi connectivity index (χ1n) is 10.5. The van der Waals surface area contributed by atoms with Gasteiger partial charge in [0.25, 0.3) is 0 Å². The van der Waals surface area contributed by atoms with Gasteiger partial charge in [0.05, 0.1) is 6.61 Å². The first-order chi connectivity index (χ1) is 13.7. The number of hydrogen-bond donors (Lipinski definition) is 2. The summed E-state index contributed by atoms with van der Waals surface area (Å²) in [5.41, 5.74) is 2.34. The number of aliphatic imine (C=N–C) groups is 1. The molecule has 1 aromatic carbocycles. The van der Waals surface area contributed by atoms with E-state index in [2.05, 4.69) is 44.5 Å². The quantitative estimate of drug-likeness (QED) is 0.563. The highest BCUT2D eigenvalue weighted by atomic mass is 16.5. The van der Waals surface area contributed by atoms with E-state index >= 15 is 0 Å². The van der Waals surface area contributed by atoms with Crippen molar-refractivity contribution in [2.75, 3.05) is 52.9 Å². The second-order valence-electron chi connectivity index (χ2n) is 7.93. The third-order valence-corrected chi connectivity index (χ3v) is 5.95. The zero-order chi connectivity index (χ0) is 19.5. The molecule has 7 heteroatoms. The van der Waals surface area contributed by atoms with Crippen LogP contribution < -0.4 is 20.1 Å². The molecule has 3 saturated heterocycles. The van der Waals surface area contributed by atoms with Gasteiger partial charge in [0, 0.05) is 76.5 Å². The lowest BCUT2D eigenvalue weighted by atomic mass is 10.1. The first kappa shape index (κ1) is 19.3. The molecule has 1 aromatic rings. The summed E-state index contributed by atoms with van der Waals surface area (Å²) >= 11 is 0. The Morgan fingerprint density at radius 1 is 1.25 bits per heavy atom. The van der Waals surface area contributed by atoms with E-state index in [1.165, 1.54) is 31.7 Å². The minimum absolute atomic E-state index is 0.235. The molecule has 0 amide bonds. The second kappa shape index (κ2) is 8.57. The molecule has 4 aliphatic rings. The molecule has 0 aromatic heterocycles. The summed E-state index contributed by atoms with van der Waals surface area (Å²) in [5.74, 6) is 2.75. The maximum Gasteiger partial charge on any atom is 0.191 e. The number of ether oxygens (including phenoxy) is 2. The van der Waals surface area contributed by atoms with E-state index in [1.807, 2.05) is 14.0 Å². The Hall–Kier alpha value is -1.99. The van der Waals surface area contributed by atoms with Crippen molar-refractivity contribution in [3.63, 3.8) is 0 Å².